The number of carbonyl (C=O) groups is 2. The Balaban J connectivity index is 0.0000111. The maximum absolute atomic E-state index is 16.9. The van der Waals surface area contributed by atoms with Crippen molar-refractivity contribution < 1.29 is 32.6 Å². The van der Waals surface area contributed by atoms with Crippen molar-refractivity contribution >= 4 is 11.9 Å². The van der Waals surface area contributed by atoms with Crippen LogP contribution < -0.4 is 0 Å². The minimum Gasteiger partial charge on any atom is -0.498 e. The van der Waals surface area contributed by atoms with Crippen LogP contribution in [0.2, 0.25) is 0 Å². The number of fused-ring (bicyclic) bond motifs is 2. The molecule has 2 aliphatic carbocycles. The van der Waals surface area contributed by atoms with Gasteiger partial charge in [0.15, 0.2) is 0 Å². The first-order valence-corrected chi connectivity index (χ1v) is 28.7. The van der Waals surface area contributed by atoms with Gasteiger partial charge >= 0.3 is 11.9 Å². The van der Waals surface area contributed by atoms with Crippen LogP contribution in [0.5, 0.6) is 0 Å². The Morgan fingerprint density at radius 2 is 0.985 bits per heavy atom. The van der Waals surface area contributed by atoms with Crippen molar-refractivity contribution in [1.82, 2.24) is 4.90 Å². The largest absolute Gasteiger partial charge is 0.498 e. The number of hydrogen-bond donors (Lipinski definition) is 0. The third-order valence-electron chi connectivity index (χ3n) is 15.2. The molecule has 0 heterocycles. The second kappa shape index (κ2) is 35.4. The van der Waals surface area contributed by atoms with Crippen molar-refractivity contribution in [2.45, 2.75) is 292 Å². The molecular formula is C59H111F2NO5. The zero-order chi connectivity index (χ0) is 50.1. The van der Waals surface area contributed by atoms with E-state index in [2.05, 4.69) is 59.9 Å². The summed E-state index contributed by atoms with van der Waals surface area (Å²) in [4.78, 5) is 29.3. The molecule has 0 spiro atoms. The molecule has 2 saturated carbocycles. The normalized spacial score (nSPS) is 22.4. The number of carbonyl (C=O) groups excluding carboxylic acids is 2. The quantitative estimate of drug-likeness (QED) is 0.0346. The van der Waals surface area contributed by atoms with E-state index in [9.17, 15) is 9.59 Å². The first-order valence-electron chi connectivity index (χ1n) is 28.7. The number of allylic oxidation sites excluding steroid dienone is 1. The average molecular weight is 953 g/mol. The maximum Gasteiger partial charge on any atom is 0.309 e. The summed E-state index contributed by atoms with van der Waals surface area (Å²) in [6.07, 6.45) is 30.4. The van der Waals surface area contributed by atoms with Crippen molar-refractivity contribution in [1.29, 1.82) is 0 Å². The van der Waals surface area contributed by atoms with Gasteiger partial charge in [-0.05, 0) is 90.3 Å². The van der Waals surface area contributed by atoms with E-state index in [-0.39, 0.29) is 41.7 Å². The lowest BCUT2D eigenvalue weighted by Gasteiger charge is -2.57. The van der Waals surface area contributed by atoms with Gasteiger partial charge in [0.2, 0.25) is 0 Å². The highest BCUT2D eigenvalue weighted by Gasteiger charge is 2.55. The van der Waals surface area contributed by atoms with Gasteiger partial charge < -0.3 is 19.1 Å². The van der Waals surface area contributed by atoms with E-state index < -0.39 is 17.3 Å². The highest BCUT2D eigenvalue weighted by Crippen LogP contribution is 2.61. The van der Waals surface area contributed by atoms with Gasteiger partial charge in [-0.3, -0.25) is 9.59 Å². The van der Waals surface area contributed by atoms with Crippen LogP contribution in [0.4, 0.5) is 8.78 Å². The summed E-state index contributed by atoms with van der Waals surface area (Å²) >= 11 is 0. The zero-order valence-electron chi connectivity index (χ0n) is 46.1. The van der Waals surface area contributed by atoms with Crippen molar-refractivity contribution in [3.63, 3.8) is 0 Å². The van der Waals surface area contributed by atoms with Gasteiger partial charge in [0.1, 0.15) is 11.3 Å². The zero-order valence-corrected chi connectivity index (χ0v) is 46.1. The van der Waals surface area contributed by atoms with Crippen LogP contribution in [0.3, 0.4) is 0 Å². The molecule has 2 bridgehead atoms. The number of ether oxygens (including phenoxy) is 3. The van der Waals surface area contributed by atoms with Gasteiger partial charge in [0.25, 0.3) is 0 Å². The number of alkyl halides is 2. The standard InChI is InChI=1S/C57H105F2NO5.C2H6/c1-10-15-18-21-24-27-30-35-55(9,58)39-49(6)63-46-53(7)40-50-41-54(8,47-64-51(61)34-33-38-60(13-4)14-5)45-56(42-50,44-53)48-65-52(62)43-57(59,36-31-28-25-22-19-16-11-2)37-32-29-26-23-20-17-12-3;1-2/h50H,6,10-48H2,1-5,7-9H3;1-2H3. The molecule has 396 valence electrons. The minimum atomic E-state index is -1.56. The molecular weight excluding hydrogens is 841 g/mol. The van der Waals surface area contributed by atoms with Crippen LogP contribution in [0.1, 0.15) is 281 Å². The molecule has 0 aromatic heterocycles. The summed E-state index contributed by atoms with van der Waals surface area (Å²) in [5, 5.41) is 0. The van der Waals surface area contributed by atoms with E-state index in [0.717, 1.165) is 116 Å². The molecule has 0 N–H and O–H groups in total. The lowest BCUT2D eigenvalue weighted by atomic mass is 9.49. The van der Waals surface area contributed by atoms with Gasteiger partial charge in [-0.1, -0.05) is 204 Å². The topological polar surface area (TPSA) is 65.1 Å². The monoisotopic (exact) mass is 952 g/mol. The molecule has 0 aliphatic heterocycles. The average Bonchev–Trinajstić information content (AvgIpc) is 3.27. The highest BCUT2D eigenvalue weighted by atomic mass is 19.1. The number of hydrogen-bond acceptors (Lipinski definition) is 6. The Bertz CT molecular complexity index is 1270. The lowest BCUT2D eigenvalue weighted by molar-refractivity contribution is -0.167. The Kier molecular flexibility index (Phi) is 33.5. The van der Waals surface area contributed by atoms with E-state index in [1.807, 2.05) is 13.8 Å². The summed E-state index contributed by atoms with van der Waals surface area (Å²) < 4.78 is 51.4. The molecule has 5 unspecified atom stereocenters. The molecule has 8 heteroatoms. The second-order valence-electron chi connectivity index (χ2n) is 22.8. The van der Waals surface area contributed by atoms with E-state index >= 15 is 8.78 Å². The van der Waals surface area contributed by atoms with Gasteiger partial charge in [-0.25, -0.2) is 8.78 Å². The molecule has 0 aromatic rings. The fraction of sp³-hybridized carbons (Fsp3) is 0.932. The van der Waals surface area contributed by atoms with E-state index in [1.54, 1.807) is 6.92 Å². The second-order valence-corrected chi connectivity index (χ2v) is 22.8. The fourth-order valence-electron chi connectivity index (χ4n) is 12.0. The molecule has 2 rings (SSSR count). The Labute approximate surface area is 414 Å². The molecule has 0 aromatic carbocycles. The predicted octanol–water partition coefficient (Wildman–Crippen LogP) is 18.0. The SMILES string of the molecule is C=C(CC(C)(F)CCCCCCCCC)OCC1(C)CC2CC(C)(COC(=O)CCCN(CC)CC)CC(COC(=O)CC(F)(CCCCCCCCC)CCCCCCCCC)(C2)C1.CC. The molecule has 2 aliphatic rings. The summed E-state index contributed by atoms with van der Waals surface area (Å²) in [7, 11) is 0. The third-order valence-corrected chi connectivity index (χ3v) is 15.2. The molecule has 6 nitrogen and oxygen atoms in total. The summed E-state index contributed by atoms with van der Waals surface area (Å²) in [5.74, 6) is 0.216. The van der Waals surface area contributed by atoms with Crippen LogP contribution in [0.25, 0.3) is 0 Å². The lowest BCUT2D eigenvalue weighted by Crippen LogP contribution is -2.52. The van der Waals surface area contributed by atoms with Crippen LogP contribution >= 0.6 is 0 Å². The maximum atomic E-state index is 16.9. The molecule has 2 fully saturated rings. The van der Waals surface area contributed by atoms with E-state index in [0.29, 0.717) is 50.6 Å². The van der Waals surface area contributed by atoms with Gasteiger partial charge in [-0.15, -0.1) is 0 Å². The van der Waals surface area contributed by atoms with Crippen LogP contribution in [0, 0.1) is 22.2 Å². The number of nitrogens with zero attached hydrogens (tertiary/aromatic N) is 1. The summed E-state index contributed by atoms with van der Waals surface area (Å²) in [6, 6.07) is 0. The van der Waals surface area contributed by atoms with E-state index in [1.165, 1.54) is 77.0 Å². The van der Waals surface area contributed by atoms with Crippen LogP contribution in [0.15, 0.2) is 12.3 Å². The minimum absolute atomic E-state index is 0.153. The summed E-state index contributed by atoms with van der Waals surface area (Å²) in [6.45, 7) is 29.1. The Morgan fingerprint density at radius 3 is 1.45 bits per heavy atom. The first-order chi connectivity index (χ1) is 32.0. The Hall–Kier alpha value is -1.70. The molecule has 5 atom stereocenters. The smallest absolute Gasteiger partial charge is 0.309 e. The number of halogens is 2. The Morgan fingerprint density at radius 1 is 0.567 bits per heavy atom. The van der Waals surface area contributed by atoms with Crippen molar-refractivity contribution in [2.24, 2.45) is 22.2 Å². The third kappa shape index (κ3) is 28.7. The van der Waals surface area contributed by atoms with Crippen molar-refractivity contribution in [2.75, 3.05) is 39.5 Å². The van der Waals surface area contributed by atoms with Gasteiger partial charge in [0.05, 0.1) is 32.0 Å². The first kappa shape index (κ1) is 63.3. The molecule has 0 amide bonds. The number of unbranched alkanes of at least 4 members (excludes halogenated alkanes) is 18. The molecule has 0 saturated heterocycles. The van der Waals surface area contributed by atoms with E-state index in [4.69, 9.17) is 14.2 Å². The highest BCUT2D eigenvalue weighted by molar-refractivity contribution is 5.70. The van der Waals surface area contributed by atoms with Crippen LogP contribution in [-0.2, 0) is 23.8 Å². The number of rotatable bonds is 41. The fourth-order valence-corrected chi connectivity index (χ4v) is 12.0. The van der Waals surface area contributed by atoms with Gasteiger partial charge in [0, 0.05) is 29.1 Å². The summed E-state index contributed by atoms with van der Waals surface area (Å²) in [5.41, 5.74) is -3.81. The molecule has 0 radical (unpaired) electrons. The van der Waals surface area contributed by atoms with Crippen molar-refractivity contribution in [3.8, 4) is 0 Å². The van der Waals surface area contributed by atoms with Crippen LogP contribution in [-0.4, -0.2) is 67.6 Å². The molecule has 67 heavy (non-hydrogen) atoms. The number of esters is 2. The van der Waals surface area contributed by atoms with Gasteiger partial charge in [-0.2, -0.15) is 0 Å². The predicted molar refractivity (Wildman–Crippen MR) is 281 cm³/mol. The van der Waals surface area contributed by atoms with Crippen molar-refractivity contribution in [3.05, 3.63) is 12.3 Å².